The number of halogens is 1. The third kappa shape index (κ3) is 3.69. The van der Waals surface area contributed by atoms with E-state index in [1.807, 2.05) is 17.0 Å². The lowest BCUT2D eigenvalue weighted by atomic mass is 9.78. The highest BCUT2D eigenvalue weighted by Gasteiger charge is 2.48. The molecule has 2 aliphatic heterocycles. The molecule has 2 saturated heterocycles. The fourth-order valence-electron chi connectivity index (χ4n) is 4.49. The molecule has 2 fully saturated rings. The van der Waals surface area contributed by atoms with E-state index in [4.69, 9.17) is 4.74 Å². The van der Waals surface area contributed by atoms with Crippen molar-refractivity contribution in [2.75, 3.05) is 39.9 Å². The van der Waals surface area contributed by atoms with Gasteiger partial charge in [0.1, 0.15) is 5.82 Å². The summed E-state index contributed by atoms with van der Waals surface area (Å²) in [7, 11) is 1.67. The van der Waals surface area contributed by atoms with Crippen LogP contribution in [0.1, 0.15) is 25.0 Å². The number of aromatic nitrogens is 1. The fraction of sp³-hybridized carbons (Fsp3) is 0.524. The molecular formula is C21H26FN3O2. The Morgan fingerprint density at radius 2 is 2.11 bits per heavy atom. The van der Waals surface area contributed by atoms with Gasteiger partial charge in [-0.3, -0.25) is 14.7 Å². The molecule has 2 aromatic rings. The number of carbonyl (C=O) groups excluding carboxylic acids is 1. The number of rotatable bonds is 5. The van der Waals surface area contributed by atoms with Gasteiger partial charge in [-0.25, -0.2) is 4.39 Å². The van der Waals surface area contributed by atoms with Crippen molar-refractivity contribution in [2.45, 2.75) is 25.8 Å². The molecule has 0 saturated carbocycles. The van der Waals surface area contributed by atoms with E-state index in [1.165, 1.54) is 12.1 Å². The van der Waals surface area contributed by atoms with E-state index in [9.17, 15) is 9.18 Å². The molecule has 0 bridgehead atoms. The molecule has 1 aromatic carbocycles. The molecule has 5 nitrogen and oxygen atoms in total. The molecule has 4 rings (SSSR count). The number of benzene rings is 1. The molecular weight excluding hydrogens is 345 g/mol. The number of amides is 1. The van der Waals surface area contributed by atoms with Crippen molar-refractivity contribution in [2.24, 2.45) is 5.41 Å². The first kappa shape index (κ1) is 18.3. The van der Waals surface area contributed by atoms with Crippen molar-refractivity contribution in [3.05, 3.63) is 41.8 Å². The van der Waals surface area contributed by atoms with Crippen molar-refractivity contribution in [3.63, 3.8) is 0 Å². The standard InChI is InChI=1S/C21H26FN3O2/c1-27-12-11-25-9-2-7-21(20(25)26)8-10-24(15-21)14-18-5-3-16-13-17(22)4-6-19(16)23-18/h3-6,13H,2,7-12,14-15H2,1H3. The van der Waals surface area contributed by atoms with Gasteiger partial charge in [-0.05, 0) is 50.1 Å². The van der Waals surface area contributed by atoms with Crippen LogP contribution in [0.2, 0.25) is 0 Å². The lowest BCUT2D eigenvalue weighted by Gasteiger charge is -2.39. The van der Waals surface area contributed by atoms with E-state index >= 15 is 0 Å². The first-order chi connectivity index (χ1) is 13.1. The van der Waals surface area contributed by atoms with Crippen LogP contribution in [0.3, 0.4) is 0 Å². The summed E-state index contributed by atoms with van der Waals surface area (Å²) in [5.41, 5.74) is 1.53. The predicted octanol–water partition coefficient (Wildman–Crippen LogP) is 2.83. The Hall–Kier alpha value is -2.05. The molecule has 1 amide bonds. The summed E-state index contributed by atoms with van der Waals surface area (Å²) in [6.45, 7) is 4.53. The van der Waals surface area contributed by atoms with Gasteiger partial charge in [0.2, 0.25) is 5.91 Å². The van der Waals surface area contributed by atoms with Gasteiger partial charge in [-0.1, -0.05) is 6.07 Å². The van der Waals surface area contributed by atoms with Gasteiger partial charge in [0.15, 0.2) is 0 Å². The second-order valence-electron chi connectivity index (χ2n) is 7.77. The van der Waals surface area contributed by atoms with Gasteiger partial charge in [-0.2, -0.15) is 0 Å². The van der Waals surface area contributed by atoms with E-state index < -0.39 is 0 Å². The number of hydrogen-bond acceptors (Lipinski definition) is 4. The second kappa shape index (κ2) is 7.52. The molecule has 0 N–H and O–H groups in total. The lowest BCUT2D eigenvalue weighted by Crippen LogP contribution is -2.50. The van der Waals surface area contributed by atoms with Gasteiger partial charge in [0.25, 0.3) is 0 Å². The van der Waals surface area contributed by atoms with E-state index in [-0.39, 0.29) is 17.1 Å². The zero-order valence-corrected chi connectivity index (χ0v) is 15.8. The van der Waals surface area contributed by atoms with Crippen LogP contribution in [0, 0.1) is 11.2 Å². The van der Waals surface area contributed by atoms with Gasteiger partial charge in [0.05, 0.1) is 23.2 Å². The van der Waals surface area contributed by atoms with Crippen LogP contribution in [-0.4, -0.2) is 60.6 Å². The quantitative estimate of drug-likeness (QED) is 0.811. The average Bonchev–Trinajstić information content (AvgIpc) is 3.07. The summed E-state index contributed by atoms with van der Waals surface area (Å²) in [5.74, 6) is 0.0441. The Morgan fingerprint density at radius 1 is 1.22 bits per heavy atom. The van der Waals surface area contributed by atoms with Crippen LogP contribution in [0.25, 0.3) is 10.9 Å². The number of pyridine rings is 1. The first-order valence-corrected chi connectivity index (χ1v) is 9.65. The van der Waals surface area contributed by atoms with Crippen LogP contribution in [0.4, 0.5) is 4.39 Å². The topological polar surface area (TPSA) is 45.7 Å². The summed E-state index contributed by atoms with van der Waals surface area (Å²) >= 11 is 0. The predicted molar refractivity (Wildman–Crippen MR) is 102 cm³/mol. The maximum atomic E-state index is 13.3. The molecule has 3 heterocycles. The fourth-order valence-corrected chi connectivity index (χ4v) is 4.49. The number of piperidine rings is 1. The number of likely N-dealkylation sites (tertiary alicyclic amines) is 2. The summed E-state index contributed by atoms with van der Waals surface area (Å²) in [5, 5.41) is 0.813. The third-order valence-electron chi connectivity index (χ3n) is 5.92. The Balaban J connectivity index is 1.45. The van der Waals surface area contributed by atoms with Gasteiger partial charge in [0, 0.05) is 38.7 Å². The maximum absolute atomic E-state index is 13.3. The Kier molecular flexibility index (Phi) is 5.10. The van der Waals surface area contributed by atoms with Crippen molar-refractivity contribution in [1.29, 1.82) is 0 Å². The molecule has 27 heavy (non-hydrogen) atoms. The Labute approximate surface area is 159 Å². The highest BCUT2D eigenvalue weighted by atomic mass is 19.1. The van der Waals surface area contributed by atoms with E-state index in [0.717, 1.165) is 62.0 Å². The Bertz CT molecular complexity index is 843. The van der Waals surface area contributed by atoms with Crippen LogP contribution in [0.5, 0.6) is 0 Å². The highest BCUT2D eigenvalue weighted by Crippen LogP contribution is 2.40. The van der Waals surface area contributed by atoms with Gasteiger partial charge in [-0.15, -0.1) is 0 Å². The van der Waals surface area contributed by atoms with Gasteiger partial charge < -0.3 is 9.64 Å². The molecule has 0 aliphatic carbocycles. The summed E-state index contributed by atoms with van der Waals surface area (Å²) in [4.78, 5) is 22.0. The number of nitrogens with zero attached hydrogens (tertiary/aromatic N) is 3. The number of methoxy groups -OCH3 is 1. The minimum absolute atomic E-state index is 0.243. The van der Waals surface area contributed by atoms with Crippen molar-refractivity contribution < 1.29 is 13.9 Å². The minimum Gasteiger partial charge on any atom is -0.383 e. The molecule has 6 heteroatoms. The first-order valence-electron chi connectivity index (χ1n) is 9.65. The lowest BCUT2D eigenvalue weighted by molar-refractivity contribution is -0.146. The number of carbonyl (C=O) groups is 1. The normalized spacial score (nSPS) is 23.6. The summed E-state index contributed by atoms with van der Waals surface area (Å²) in [6.07, 6.45) is 2.94. The van der Waals surface area contributed by atoms with E-state index in [1.54, 1.807) is 13.2 Å². The minimum atomic E-state index is -0.244. The van der Waals surface area contributed by atoms with Crippen LogP contribution >= 0.6 is 0 Å². The molecule has 2 aliphatic rings. The molecule has 1 aromatic heterocycles. The highest BCUT2D eigenvalue weighted by molar-refractivity contribution is 5.84. The van der Waals surface area contributed by atoms with E-state index in [0.29, 0.717) is 13.2 Å². The third-order valence-corrected chi connectivity index (χ3v) is 5.92. The summed E-state index contributed by atoms with van der Waals surface area (Å²) < 4.78 is 18.5. The zero-order valence-electron chi connectivity index (χ0n) is 15.8. The van der Waals surface area contributed by atoms with Crippen LogP contribution < -0.4 is 0 Å². The zero-order chi connectivity index (χ0) is 18.9. The molecule has 1 unspecified atom stereocenters. The average molecular weight is 371 g/mol. The number of fused-ring (bicyclic) bond motifs is 1. The van der Waals surface area contributed by atoms with Crippen molar-refractivity contribution in [1.82, 2.24) is 14.8 Å². The van der Waals surface area contributed by atoms with Crippen LogP contribution in [0.15, 0.2) is 30.3 Å². The second-order valence-corrected chi connectivity index (χ2v) is 7.77. The Morgan fingerprint density at radius 3 is 2.96 bits per heavy atom. The molecule has 0 radical (unpaired) electrons. The molecule has 1 atom stereocenters. The molecule has 1 spiro atoms. The summed E-state index contributed by atoms with van der Waals surface area (Å²) in [6, 6.07) is 8.55. The van der Waals surface area contributed by atoms with Gasteiger partial charge >= 0.3 is 0 Å². The number of hydrogen-bond donors (Lipinski definition) is 0. The van der Waals surface area contributed by atoms with Crippen molar-refractivity contribution >= 4 is 16.8 Å². The smallest absolute Gasteiger partial charge is 0.230 e. The van der Waals surface area contributed by atoms with Crippen LogP contribution in [-0.2, 0) is 16.1 Å². The largest absolute Gasteiger partial charge is 0.383 e. The monoisotopic (exact) mass is 371 g/mol. The van der Waals surface area contributed by atoms with E-state index in [2.05, 4.69) is 9.88 Å². The van der Waals surface area contributed by atoms with Crippen molar-refractivity contribution in [3.8, 4) is 0 Å². The SMILES string of the molecule is COCCN1CCCC2(CCN(Cc3ccc4cc(F)ccc4n3)C2)C1=O. The number of ether oxygens (including phenoxy) is 1. The molecule has 144 valence electrons. The maximum Gasteiger partial charge on any atom is 0.230 e.